The number of hydrogen-bond donors (Lipinski definition) is 0. The second-order valence-corrected chi connectivity index (χ2v) is 5.90. The van der Waals surface area contributed by atoms with Crippen LogP contribution in [0.3, 0.4) is 0 Å². The third kappa shape index (κ3) is 2.56. The molecule has 0 aliphatic carbocycles. The molecule has 0 saturated heterocycles. The van der Waals surface area contributed by atoms with Gasteiger partial charge in [0.2, 0.25) is 0 Å². The zero-order valence-electron chi connectivity index (χ0n) is 10.3. The van der Waals surface area contributed by atoms with Crippen molar-refractivity contribution in [1.82, 2.24) is 0 Å². The van der Waals surface area contributed by atoms with E-state index in [4.69, 9.17) is 11.6 Å². The van der Waals surface area contributed by atoms with Crippen LogP contribution in [0.2, 0.25) is 4.75 Å². The average Bonchev–Trinajstić information content (AvgIpc) is 2.49. The van der Waals surface area contributed by atoms with Crippen LogP contribution in [0.25, 0.3) is 22.3 Å². The highest BCUT2D eigenvalue weighted by Crippen LogP contribution is 2.41. The maximum atomic E-state index is 6.46. The Morgan fingerprint density at radius 2 is 1.26 bits per heavy atom. The minimum atomic E-state index is 0.882. The maximum Gasteiger partial charge on any atom is 0.0760 e. The zero-order chi connectivity index (χ0) is 13.1. The van der Waals surface area contributed by atoms with E-state index in [1.54, 1.807) is 0 Å². The fourth-order valence-electron chi connectivity index (χ4n) is 2.17. The molecule has 92 valence electrons. The molecular formula is C17H12ClP. The van der Waals surface area contributed by atoms with E-state index in [1.807, 2.05) is 24.3 Å². The summed E-state index contributed by atoms with van der Waals surface area (Å²) in [6.45, 7) is 0. The SMILES string of the molecule is Clc1pccc(-c2ccccc2)c1-c1ccccc1. The molecule has 0 saturated carbocycles. The Morgan fingerprint density at radius 3 is 1.89 bits per heavy atom. The summed E-state index contributed by atoms with van der Waals surface area (Å²) in [6, 6.07) is 22.9. The highest BCUT2D eigenvalue weighted by atomic mass is 35.5. The number of halogens is 1. The van der Waals surface area contributed by atoms with Crippen molar-refractivity contribution in [3.63, 3.8) is 0 Å². The van der Waals surface area contributed by atoms with Crippen molar-refractivity contribution in [2.45, 2.75) is 0 Å². The summed E-state index contributed by atoms with van der Waals surface area (Å²) in [6.07, 6.45) is 0. The third-order valence-electron chi connectivity index (χ3n) is 3.05. The Labute approximate surface area is 119 Å². The van der Waals surface area contributed by atoms with E-state index >= 15 is 0 Å². The molecule has 0 bridgehead atoms. The normalized spacial score (nSPS) is 10.8. The summed E-state index contributed by atoms with van der Waals surface area (Å²) in [5, 5.41) is 0. The lowest BCUT2D eigenvalue weighted by Crippen LogP contribution is -1.84. The van der Waals surface area contributed by atoms with Crippen LogP contribution in [0, 0.1) is 0 Å². The van der Waals surface area contributed by atoms with E-state index < -0.39 is 0 Å². The summed E-state index contributed by atoms with van der Waals surface area (Å²) >= 11 is 6.46. The van der Waals surface area contributed by atoms with Crippen molar-refractivity contribution in [2.24, 2.45) is 0 Å². The van der Waals surface area contributed by atoms with Gasteiger partial charge in [0.05, 0.1) is 4.75 Å². The Hall–Kier alpha value is -1.62. The first-order valence-electron chi connectivity index (χ1n) is 6.11. The molecule has 0 aliphatic heterocycles. The lowest BCUT2D eigenvalue weighted by molar-refractivity contribution is 1.62. The fraction of sp³-hybridized carbons (Fsp3) is 0. The first-order chi connectivity index (χ1) is 9.36. The second-order valence-electron chi connectivity index (χ2n) is 4.26. The topological polar surface area (TPSA) is 0 Å². The molecule has 0 fully saturated rings. The monoisotopic (exact) mass is 282 g/mol. The van der Waals surface area contributed by atoms with Gasteiger partial charge in [-0.1, -0.05) is 80.5 Å². The molecule has 3 rings (SSSR count). The van der Waals surface area contributed by atoms with Gasteiger partial charge >= 0.3 is 0 Å². The van der Waals surface area contributed by atoms with Gasteiger partial charge in [-0.2, -0.15) is 0 Å². The van der Waals surface area contributed by atoms with E-state index in [-0.39, 0.29) is 0 Å². The van der Waals surface area contributed by atoms with Crippen molar-refractivity contribution in [3.05, 3.63) is 77.3 Å². The number of benzene rings is 2. The van der Waals surface area contributed by atoms with E-state index in [2.05, 4.69) is 48.3 Å². The van der Waals surface area contributed by atoms with Gasteiger partial charge in [-0.3, -0.25) is 0 Å². The predicted octanol–water partition coefficient (Wildman–Crippen LogP) is 6.25. The molecule has 0 radical (unpaired) electrons. The van der Waals surface area contributed by atoms with Gasteiger partial charge in [-0.25, -0.2) is 0 Å². The van der Waals surface area contributed by atoms with Gasteiger partial charge < -0.3 is 0 Å². The molecule has 1 heterocycles. The van der Waals surface area contributed by atoms with Crippen LogP contribution in [0.15, 0.2) is 72.5 Å². The van der Waals surface area contributed by atoms with Gasteiger partial charge in [0.15, 0.2) is 0 Å². The quantitative estimate of drug-likeness (QED) is 0.521. The van der Waals surface area contributed by atoms with Gasteiger partial charge in [0.25, 0.3) is 0 Å². The molecule has 0 aliphatic rings. The Bertz CT molecular complexity index is 678. The van der Waals surface area contributed by atoms with Crippen molar-refractivity contribution in [2.75, 3.05) is 0 Å². The summed E-state index contributed by atoms with van der Waals surface area (Å²) in [5.41, 5.74) is 4.70. The molecular weight excluding hydrogens is 271 g/mol. The molecule has 0 atom stereocenters. The lowest BCUT2D eigenvalue weighted by Gasteiger charge is -2.11. The third-order valence-corrected chi connectivity index (χ3v) is 4.28. The van der Waals surface area contributed by atoms with Crippen LogP contribution in [-0.4, -0.2) is 0 Å². The van der Waals surface area contributed by atoms with E-state index in [0.29, 0.717) is 0 Å². The van der Waals surface area contributed by atoms with Gasteiger partial charge in [0, 0.05) is 5.56 Å². The summed E-state index contributed by atoms with van der Waals surface area (Å²) in [5.74, 6) is 2.09. The van der Waals surface area contributed by atoms with Crippen LogP contribution in [0.5, 0.6) is 0 Å². The minimum Gasteiger partial charge on any atom is -0.0782 e. The van der Waals surface area contributed by atoms with Crippen LogP contribution in [0.1, 0.15) is 0 Å². The van der Waals surface area contributed by atoms with Crippen molar-refractivity contribution in [3.8, 4) is 22.3 Å². The van der Waals surface area contributed by atoms with Crippen LogP contribution in [-0.2, 0) is 0 Å². The standard InChI is InChI=1S/C17H12ClP/c18-17-16(14-9-5-2-6-10-14)15(11-12-19-17)13-7-3-1-4-8-13/h1-12H. The van der Waals surface area contributed by atoms with Gasteiger partial charge in [0.1, 0.15) is 0 Å². The van der Waals surface area contributed by atoms with E-state index in [1.165, 1.54) is 16.7 Å². The second kappa shape index (κ2) is 5.57. The van der Waals surface area contributed by atoms with Crippen molar-refractivity contribution < 1.29 is 0 Å². The predicted molar refractivity (Wildman–Crippen MR) is 84.8 cm³/mol. The lowest BCUT2D eigenvalue weighted by atomic mass is 9.98. The molecule has 1 aromatic heterocycles. The van der Waals surface area contributed by atoms with Crippen molar-refractivity contribution in [1.29, 1.82) is 0 Å². The van der Waals surface area contributed by atoms with E-state index in [0.717, 1.165) is 18.5 Å². The Kier molecular flexibility index (Phi) is 3.64. The summed E-state index contributed by atoms with van der Waals surface area (Å²) in [4.78, 5) is 0. The van der Waals surface area contributed by atoms with Crippen LogP contribution in [0.4, 0.5) is 0 Å². The molecule has 2 heteroatoms. The first kappa shape index (κ1) is 12.4. The van der Waals surface area contributed by atoms with Crippen molar-refractivity contribution >= 4 is 19.8 Å². The summed E-state index contributed by atoms with van der Waals surface area (Å²) < 4.78 is 0.882. The van der Waals surface area contributed by atoms with Gasteiger partial charge in [-0.15, -0.1) is 0 Å². The molecule has 0 spiro atoms. The number of hydrogen-bond acceptors (Lipinski definition) is 0. The highest BCUT2D eigenvalue weighted by molar-refractivity contribution is 7.33. The molecule has 0 unspecified atom stereocenters. The maximum absolute atomic E-state index is 6.46. The van der Waals surface area contributed by atoms with Gasteiger partial charge in [-0.05, 0) is 28.6 Å². The molecule has 19 heavy (non-hydrogen) atoms. The largest absolute Gasteiger partial charge is 0.0782 e. The first-order valence-corrected chi connectivity index (χ1v) is 7.46. The smallest absolute Gasteiger partial charge is 0.0760 e. The fourth-order valence-corrected chi connectivity index (χ4v) is 3.29. The number of rotatable bonds is 2. The Balaban J connectivity index is 2.25. The average molecular weight is 283 g/mol. The molecule has 0 N–H and O–H groups in total. The zero-order valence-corrected chi connectivity index (χ0v) is 11.9. The van der Waals surface area contributed by atoms with E-state index in [9.17, 15) is 0 Å². The molecule has 2 aromatic carbocycles. The van der Waals surface area contributed by atoms with Crippen LogP contribution >= 0.6 is 19.8 Å². The molecule has 0 nitrogen and oxygen atoms in total. The minimum absolute atomic E-state index is 0.882. The molecule has 3 aromatic rings. The molecule has 0 amide bonds. The summed E-state index contributed by atoms with van der Waals surface area (Å²) in [7, 11) is 1.06. The van der Waals surface area contributed by atoms with Crippen LogP contribution < -0.4 is 0 Å². The Morgan fingerprint density at radius 1 is 0.684 bits per heavy atom. The highest BCUT2D eigenvalue weighted by Gasteiger charge is 2.10.